The molecule has 130 valence electrons. The standard InChI is InChI=1S/C16H14N2O5S2/c1-10-3-4-12(25(2,20)21)7-13(10)16(19)22-8-14-17-15(23-18-14)11-5-6-24-9-11/h3-7,9H,8H2,1-2H3. The molecule has 3 rings (SSSR count). The van der Waals surface area contributed by atoms with Gasteiger partial charge >= 0.3 is 5.97 Å². The highest BCUT2D eigenvalue weighted by molar-refractivity contribution is 7.90. The number of aromatic nitrogens is 2. The van der Waals surface area contributed by atoms with Gasteiger partial charge < -0.3 is 9.26 Å². The van der Waals surface area contributed by atoms with Crippen molar-refractivity contribution in [3.8, 4) is 11.5 Å². The first-order valence-corrected chi connectivity index (χ1v) is 10.0. The summed E-state index contributed by atoms with van der Waals surface area (Å²) in [5, 5.41) is 7.51. The normalized spacial score (nSPS) is 11.4. The monoisotopic (exact) mass is 378 g/mol. The number of aryl methyl sites for hydroxylation is 1. The molecule has 0 spiro atoms. The molecule has 0 aliphatic heterocycles. The highest BCUT2D eigenvalue weighted by Crippen LogP contribution is 2.20. The number of nitrogens with zero attached hydrogens (tertiary/aromatic N) is 2. The van der Waals surface area contributed by atoms with Gasteiger partial charge in [0.1, 0.15) is 0 Å². The first kappa shape index (κ1) is 17.3. The van der Waals surface area contributed by atoms with Crippen LogP contribution in [0.5, 0.6) is 0 Å². The fraction of sp³-hybridized carbons (Fsp3) is 0.188. The van der Waals surface area contributed by atoms with Crippen molar-refractivity contribution in [1.29, 1.82) is 0 Å². The van der Waals surface area contributed by atoms with Crippen LogP contribution in [0.3, 0.4) is 0 Å². The molecule has 0 atom stereocenters. The van der Waals surface area contributed by atoms with Gasteiger partial charge in [-0.05, 0) is 36.1 Å². The first-order chi connectivity index (χ1) is 11.8. The number of carbonyl (C=O) groups excluding carboxylic acids is 1. The van der Waals surface area contributed by atoms with Gasteiger partial charge in [0.2, 0.25) is 5.82 Å². The fourth-order valence-electron chi connectivity index (χ4n) is 2.08. The summed E-state index contributed by atoms with van der Waals surface area (Å²) < 4.78 is 33.5. The fourth-order valence-corrected chi connectivity index (χ4v) is 3.35. The molecule has 0 amide bonds. The molecule has 1 aromatic carbocycles. The molecule has 0 unspecified atom stereocenters. The van der Waals surface area contributed by atoms with Gasteiger partial charge in [-0.1, -0.05) is 11.2 Å². The number of hydrogen-bond donors (Lipinski definition) is 0. The summed E-state index contributed by atoms with van der Waals surface area (Å²) in [4.78, 5) is 16.5. The van der Waals surface area contributed by atoms with E-state index in [-0.39, 0.29) is 22.9 Å². The molecule has 0 fully saturated rings. The Kier molecular flexibility index (Phi) is 4.69. The summed E-state index contributed by atoms with van der Waals surface area (Å²) in [5.74, 6) is -0.0705. The number of esters is 1. The third kappa shape index (κ3) is 3.94. The quantitative estimate of drug-likeness (QED) is 0.629. The number of sulfone groups is 1. The maximum Gasteiger partial charge on any atom is 0.338 e. The highest BCUT2D eigenvalue weighted by Gasteiger charge is 2.17. The smallest absolute Gasteiger partial charge is 0.338 e. The Bertz CT molecular complexity index is 1010. The average Bonchev–Trinajstić information content (AvgIpc) is 3.23. The van der Waals surface area contributed by atoms with E-state index < -0.39 is 15.8 Å². The zero-order valence-corrected chi connectivity index (χ0v) is 15.1. The van der Waals surface area contributed by atoms with Gasteiger partial charge in [0.25, 0.3) is 5.89 Å². The van der Waals surface area contributed by atoms with Crippen LogP contribution < -0.4 is 0 Å². The molecule has 0 aliphatic carbocycles. The molecule has 0 saturated heterocycles. The van der Waals surface area contributed by atoms with Crippen LogP contribution in [0.25, 0.3) is 11.5 Å². The minimum absolute atomic E-state index is 0.0596. The molecule has 9 heteroatoms. The largest absolute Gasteiger partial charge is 0.454 e. The van der Waals surface area contributed by atoms with Crippen molar-refractivity contribution in [1.82, 2.24) is 10.1 Å². The number of thiophene rings is 1. The van der Waals surface area contributed by atoms with Gasteiger partial charge in [0.05, 0.1) is 16.0 Å². The van der Waals surface area contributed by atoms with E-state index in [0.29, 0.717) is 11.5 Å². The first-order valence-electron chi connectivity index (χ1n) is 7.17. The van der Waals surface area contributed by atoms with E-state index in [0.717, 1.165) is 11.8 Å². The minimum atomic E-state index is -3.41. The molecule has 0 N–H and O–H groups in total. The summed E-state index contributed by atoms with van der Waals surface area (Å²) in [6, 6.07) is 6.16. The summed E-state index contributed by atoms with van der Waals surface area (Å²) in [7, 11) is -3.41. The summed E-state index contributed by atoms with van der Waals surface area (Å²) in [5.41, 5.74) is 1.60. The predicted octanol–water partition coefficient (Wildman–Crippen LogP) is 2.87. The van der Waals surface area contributed by atoms with Crippen LogP contribution in [0, 0.1) is 6.92 Å². The lowest BCUT2D eigenvalue weighted by molar-refractivity contribution is 0.0458. The highest BCUT2D eigenvalue weighted by atomic mass is 32.2. The van der Waals surface area contributed by atoms with Crippen molar-refractivity contribution >= 4 is 27.1 Å². The molecule has 0 bridgehead atoms. The predicted molar refractivity (Wildman–Crippen MR) is 91.0 cm³/mol. The van der Waals surface area contributed by atoms with E-state index in [1.54, 1.807) is 13.0 Å². The lowest BCUT2D eigenvalue weighted by Gasteiger charge is -2.07. The van der Waals surface area contributed by atoms with Gasteiger partial charge in [0.15, 0.2) is 16.4 Å². The van der Waals surface area contributed by atoms with Gasteiger partial charge in [-0.15, -0.1) is 0 Å². The van der Waals surface area contributed by atoms with Crippen molar-refractivity contribution in [3.63, 3.8) is 0 Å². The Morgan fingerprint density at radius 3 is 2.80 bits per heavy atom. The summed E-state index contributed by atoms with van der Waals surface area (Å²) >= 11 is 1.50. The third-order valence-corrected chi connectivity index (χ3v) is 5.22. The lowest BCUT2D eigenvalue weighted by Crippen LogP contribution is -2.09. The van der Waals surface area contributed by atoms with Crippen molar-refractivity contribution in [2.45, 2.75) is 18.4 Å². The molecule has 2 aromatic heterocycles. The molecule has 2 heterocycles. The SMILES string of the molecule is Cc1ccc(S(C)(=O)=O)cc1C(=O)OCc1noc(-c2ccsc2)n1. The molecule has 0 saturated carbocycles. The Balaban J connectivity index is 1.73. The maximum absolute atomic E-state index is 12.3. The van der Waals surface area contributed by atoms with Crippen LogP contribution in [-0.4, -0.2) is 30.8 Å². The number of hydrogen-bond acceptors (Lipinski definition) is 8. The molecular weight excluding hydrogens is 364 g/mol. The Labute approximate surface area is 148 Å². The Morgan fingerprint density at radius 2 is 2.12 bits per heavy atom. The minimum Gasteiger partial charge on any atom is -0.454 e. The van der Waals surface area contributed by atoms with Crippen molar-refractivity contribution < 1.29 is 22.5 Å². The van der Waals surface area contributed by atoms with Crippen LogP contribution in [-0.2, 0) is 21.2 Å². The molecule has 0 aliphatic rings. The molecule has 7 nitrogen and oxygen atoms in total. The van der Waals surface area contributed by atoms with Gasteiger partial charge in [-0.3, -0.25) is 0 Å². The van der Waals surface area contributed by atoms with E-state index in [2.05, 4.69) is 10.1 Å². The molecule has 25 heavy (non-hydrogen) atoms. The number of ether oxygens (including phenoxy) is 1. The second-order valence-electron chi connectivity index (χ2n) is 5.35. The van der Waals surface area contributed by atoms with E-state index in [9.17, 15) is 13.2 Å². The zero-order chi connectivity index (χ0) is 18.0. The number of carbonyl (C=O) groups is 1. The number of rotatable bonds is 5. The van der Waals surface area contributed by atoms with Crippen LogP contribution in [0.2, 0.25) is 0 Å². The van der Waals surface area contributed by atoms with Crippen molar-refractivity contribution in [2.75, 3.05) is 6.26 Å². The molecular formula is C16H14N2O5S2. The second kappa shape index (κ2) is 6.77. The lowest BCUT2D eigenvalue weighted by atomic mass is 10.1. The topological polar surface area (TPSA) is 99.4 Å². The van der Waals surface area contributed by atoms with Crippen molar-refractivity contribution in [2.24, 2.45) is 0 Å². The zero-order valence-electron chi connectivity index (χ0n) is 13.4. The van der Waals surface area contributed by atoms with Gasteiger partial charge in [-0.25, -0.2) is 13.2 Å². The average molecular weight is 378 g/mol. The van der Waals surface area contributed by atoms with Crippen LogP contribution >= 0.6 is 11.3 Å². The van der Waals surface area contributed by atoms with E-state index in [4.69, 9.17) is 9.26 Å². The van der Waals surface area contributed by atoms with Crippen molar-refractivity contribution in [3.05, 3.63) is 52.0 Å². The van der Waals surface area contributed by atoms with E-state index in [1.807, 2.05) is 16.8 Å². The Hall–Kier alpha value is -2.52. The second-order valence-corrected chi connectivity index (χ2v) is 8.15. The van der Waals surface area contributed by atoms with Crippen LogP contribution in [0.4, 0.5) is 0 Å². The molecule has 3 aromatic rings. The Morgan fingerprint density at radius 1 is 1.32 bits per heavy atom. The maximum atomic E-state index is 12.3. The molecule has 0 radical (unpaired) electrons. The van der Waals surface area contributed by atoms with E-state index >= 15 is 0 Å². The summed E-state index contributed by atoms with van der Waals surface area (Å²) in [6.07, 6.45) is 1.08. The number of benzene rings is 1. The van der Waals surface area contributed by atoms with E-state index in [1.165, 1.54) is 23.5 Å². The van der Waals surface area contributed by atoms with Gasteiger partial charge in [0, 0.05) is 11.6 Å². The third-order valence-electron chi connectivity index (χ3n) is 3.43. The van der Waals surface area contributed by atoms with Crippen LogP contribution in [0.1, 0.15) is 21.7 Å². The van der Waals surface area contributed by atoms with Gasteiger partial charge in [-0.2, -0.15) is 16.3 Å². The van der Waals surface area contributed by atoms with Crippen LogP contribution in [0.15, 0.2) is 44.4 Å². The summed E-state index contributed by atoms with van der Waals surface area (Å²) in [6.45, 7) is 1.53.